The zero-order chi connectivity index (χ0) is 24.1. The maximum Gasteiger partial charge on any atom is 0.244 e. The van der Waals surface area contributed by atoms with E-state index in [0.29, 0.717) is 11.4 Å². The number of ether oxygens (including phenoxy) is 1. The summed E-state index contributed by atoms with van der Waals surface area (Å²) in [5.74, 6) is -0.218. The quantitative estimate of drug-likeness (QED) is 0.618. The van der Waals surface area contributed by atoms with Gasteiger partial charge in [-0.15, -0.1) is 0 Å². The fourth-order valence-corrected chi connectivity index (χ4v) is 4.26. The van der Waals surface area contributed by atoms with Crippen LogP contribution in [0.25, 0.3) is 0 Å². The number of hydrogen-bond acceptors (Lipinski definition) is 5. The molecule has 1 N–H and O–H groups in total. The summed E-state index contributed by atoms with van der Waals surface area (Å²) in [5, 5.41) is 2.55. The molecule has 2 aromatic carbocycles. The van der Waals surface area contributed by atoms with E-state index in [9.17, 15) is 18.0 Å². The summed E-state index contributed by atoms with van der Waals surface area (Å²) in [7, 11) is -0.719. The highest BCUT2D eigenvalue weighted by Crippen LogP contribution is 2.25. The minimum Gasteiger partial charge on any atom is -0.497 e. The number of aryl methyl sites for hydroxylation is 1. The number of carbonyl (C=O) groups is 2. The molecule has 0 saturated carbocycles. The third-order valence-electron chi connectivity index (χ3n) is 5.42. The molecular weight excluding hydrogens is 430 g/mol. The molecule has 2 aromatic rings. The second-order valence-corrected chi connectivity index (χ2v) is 9.56. The van der Waals surface area contributed by atoms with Gasteiger partial charge in [0.25, 0.3) is 0 Å². The molecule has 0 aliphatic heterocycles. The molecule has 0 heterocycles. The van der Waals surface area contributed by atoms with E-state index < -0.39 is 28.5 Å². The number of methoxy groups -OCH3 is 1. The van der Waals surface area contributed by atoms with Gasteiger partial charge in [0.1, 0.15) is 18.3 Å². The van der Waals surface area contributed by atoms with Gasteiger partial charge in [-0.1, -0.05) is 24.3 Å². The first-order chi connectivity index (χ1) is 15.0. The zero-order valence-corrected chi connectivity index (χ0v) is 20.2. The molecule has 0 aromatic heterocycles. The Labute approximate surface area is 190 Å². The number of anilines is 1. The average Bonchev–Trinajstić information content (AvgIpc) is 2.76. The van der Waals surface area contributed by atoms with Gasteiger partial charge in [0.15, 0.2) is 0 Å². The van der Waals surface area contributed by atoms with Crippen LogP contribution in [-0.2, 0) is 26.2 Å². The van der Waals surface area contributed by atoms with E-state index in [1.165, 1.54) is 11.9 Å². The van der Waals surface area contributed by atoms with Crippen LogP contribution in [0.2, 0.25) is 0 Å². The lowest BCUT2D eigenvalue weighted by Crippen LogP contribution is -2.50. The monoisotopic (exact) mass is 461 g/mol. The van der Waals surface area contributed by atoms with Gasteiger partial charge in [0.05, 0.1) is 19.1 Å². The van der Waals surface area contributed by atoms with Crippen molar-refractivity contribution in [1.82, 2.24) is 10.2 Å². The van der Waals surface area contributed by atoms with Crippen LogP contribution in [0.1, 0.15) is 23.6 Å². The molecule has 2 rings (SSSR count). The second kappa shape index (κ2) is 10.5. The molecule has 0 saturated heterocycles. The van der Waals surface area contributed by atoms with Gasteiger partial charge in [-0.3, -0.25) is 13.9 Å². The highest BCUT2D eigenvalue weighted by molar-refractivity contribution is 7.92. The number of hydrogen-bond donors (Lipinski definition) is 1. The van der Waals surface area contributed by atoms with Crippen molar-refractivity contribution in [2.24, 2.45) is 0 Å². The van der Waals surface area contributed by atoms with E-state index in [4.69, 9.17) is 4.74 Å². The number of nitrogens with zero attached hydrogens (tertiary/aromatic N) is 2. The Kier molecular flexibility index (Phi) is 8.26. The summed E-state index contributed by atoms with van der Waals surface area (Å²) >= 11 is 0. The molecule has 0 unspecified atom stereocenters. The van der Waals surface area contributed by atoms with Gasteiger partial charge in [0.2, 0.25) is 21.8 Å². The van der Waals surface area contributed by atoms with Gasteiger partial charge in [-0.2, -0.15) is 0 Å². The standard InChI is InChI=1S/C23H31N3O5S/c1-16-9-7-12-21(17(16)2)26(32(6,29)30)15-22(27)25(18(3)23(28)24-4)14-19-10-8-11-20(13-19)31-5/h7-13,18H,14-15H2,1-6H3,(H,24,28)/t18-/m0/s1. The van der Waals surface area contributed by atoms with Crippen LogP contribution in [0.5, 0.6) is 5.75 Å². The summed E-state index contributed by atoms with van der Waals surface area (Å²) in [6.07, 6.45) is 1.07. The van der Waals surface area contributed by atoms with Crippen molar-refractivity contribution < 1.29 is 22.7 Å². The maximum atomic E-state index is 13.4. The van der Waals surface area contributed by atoms with Crippen molar-refractivity contribution in [3.63, 3.8) is 0 Å². The van der Waals surface area contributed by atoms with Gasteiger partial charge in [-0.05, 0) is 55.7 Å². The molecule has 2 amide bonds. The average molecular weight is 462 g/mol. The lowest BCUT2D eigenvalue weighted by molar-refractivity contribution is -0.139. The molecule has 1 atom stereocenters. The topological polar surface area (TPSA) is 96.0 Å². The SMILES string of the molecule is CNC(=O)[C@H](C)N(Cc1cccc(OC)c1)C(=O)CN(c1cccc(C)c1C)S(C)(=O)=O. The predicted molar refractivity (Wildman–Crippen MR) is 125 cm³/mol. The number of likely N-dealkylation sites (N-methyl/N-ethyl adjacent to an activating group) is 1. The minimum atomic E-state index is -3.76. The Hall–Kier alpha value is -3.07. The van der Waals surface area contributed by atoms with Crippen molar-refractivity contribution in [3.8, 4) is 5.75 Å². The molecule has 32 heavy (non-hydrogen) atoms. The Morgan fingerprint density at radius 3 is 2.38 bits per heavy atom. The minimum absolute atomic E-state index is 0.120. The van der Waals surface area contributed by atoms with E-state index >= 15 is 0 Å². The van der Waals surface area contributed by atoms with Crippen molar-refractivity contribution >= 4 is 27.5 Å². The van der Waals surface area contributed by atoms with E-state index in [2.05, 4.69) is 5.32 Å². The predicted octanol–water partition coefficient (Wildman–Crippen LogP) is 2.24. The lowest BCUT2D eigenvalue weighted by Gasteiger charge is -2.31. The molecule has 0 aliphatic carbocycles. The molecule has 0 spiro atoms. The van der Waals surface area contributed by atoms with Gasteiger partial charge in [0, 0.05) is 13.6 Å². The molecule has 0 fully saturated rings. The van der Waals surface area contributed by atoms with E-state index in [-0.39, 0.29) is 12.5 Å². The maximum absolute atomic E-state index is 13.4. The van der Waals surface area contributed by atoms with E-state index in [0.717, 1.165) is 27.3 Å². The number of nitrogens with one attached hydrogen (secondary N) is 1. The lowest BCUT2D eigenvalue weighted by atomic mass is 10.1. The molecule has 0 bridgehead atoms. The van der Waals surface area contributed by atoms with Crippen LogP contribution >= 0.6 is 0 Å². The Morgan fingerprint density at radius 2 is 1.78 bits per heavy atom. The summed E-state index contributed by atoms with van der Waals surface area (Å²) in [4.78, 5) is 27.1. The summed E-state index contributed by atoms with van der Waals surface area (Å²) in [6, 6.07) is 11.7. The largest absolute Gasteiger partial charge is 0.497 e. The summed E-state index contributed by atoms with van der Waals surface area (Å²) in [6.45, 7) is 5.00. The Morgan fingerprint density at radius 1 is 1.12 bits per heavy atom. The van der Waals surface area contributed by atoms with Crippen molar-refractivity contribution in [1.29, 1.82) is 0 Å². The van der Waals surface area contributed by atoms with Crippen LogP contribution in [0.4, 0.5) is 5.69 Å². The smallest absolute Gasteiger partial charge is 0.244 e. The van der Waals surface area contributed by atoms with Crippen LogP contribution in [0.3, 0.4) is 0 Å². The number of rotatable bonds is 9. The first kappa shape index (κ1) is 25.2. The molecule has 0 aliphatic rings. The number of amides is 2. The second-order valence-electron chi connectivity index (χ2n) is 7.65. The third kappa shape index (κ3) is 6.00. The van der Waals surface area contributed by atoms with Crippen LogP contribution < -0.4 is 14.4 Å². The number of benzene rings is 2. The highest BCUT2D eigenvalue weighted by Gasteiger charge is 2.30. The van der Waals surface area contributed by atoms with Crippen LogP contribution in [-0.4, -0.2) is 58.1 Å². The fourth-order valence-electron chi connectivity index (χ4n) is 3.36. The Balaban J connectivity index is 2.44. The molecule has 8 nitrogen and oxygen atoms in total. The normalized spacial score (nSPS) is 12.1. The van der Waals surface area contributed by atoms with E-state index in [1.807, 2.05) is 26.0 Å². The van der Waals surface area contributed by atoms with Gasteiger partial charge >= 0.3 is 0 Å². The fraction of sp³-hybridized carbons (Fsp3) is 0.391. The zero-order valence-electron chi connectivity index (χ0n) is 19.4. The first-order valence-corrected chi connectivity index (χ1v) is 12.0. The number of sulfonamides is 1. The van der Waals surface area contributed by atoms with Crippen LogP contribution in [0, 0.1) is 13.8 Å². The van der Waals surface area contributed by atoms with Crippen LogP contribution in [0.15, 0.2) is 42.5 Å². The third-order valence-corrected chi connectivity index (χ3v) is 6.55. The Bertz CT molecular complexity index is 1080. The molecule has 9 heteroatoms. The van der Waals surface area contributed by atoms with Gasteiger partial charge in [-0.25, -0.2) is 8.42 Å². The van der Waals surface area contributed by atoms with E-state index in [1.54, 1.807) is 44.4 Å². The molecular formula is C23H31N3O5S. The molecule has 0 radical (unpaired) electrons. The van der Waals surface area contributed by atoms with Gasteiger partial charge < -0.3 is 15.0 Å². The highest BCUT2D eigenvalue weighted by atomic mass is 32.2. The first-order valence-electron chi connectivity index (χ1n) is 10.2. The van der Waals surface area contributed by atoms with Crippen molar-refractivity contribution in [2.75, 3.05) is 31.3 Å². The summed E-state index contributed by atoms with van der Waals surface area (Å²) < 4.78 is 31.6. The van der Waals surface area contributed by atoms with Crippen molar-refractivity contribution in [2.45, 2.75) is 33.4 Å². The number of carbonyl (C=O) groups excluding carboxylic acids is 2. The molecule has 174 valence electrons. The summed E-state index contributed by atoms with van der Waals surface area (Å²) in [5.41, 5.74) is 2.88. The van der Waals surface area contributed by atoms with Crippen molar-refractivity contribution in [3.05, 3.63) is 59.2 Å².